The van der Waals surface area contributed by atoms with Crippen LogP contribution in [0.25, 0.3) is 39.3 Å². The summed E-state index contributed by atoms with van der Waals surface area (Å²) in [6, 6.07) is 14.6. The third-order valence-corrected chi connectivity index (χ3v) is 5.22. The summed E-state index contributed by atoms with van der Waals surface area (Å²) >= 11 is 6.11. The van der Waals surface area contributed by atoms with Gasteiger partial charge in [-0.2, -0.15) is 14.9 Å². The molecule has 0 amide bonds. The largest absolute Gasteiger partial charge is 0.494 e. The van der Waals surface area contributed by atoms with Gasteiger partial charge >= 0.3 is 0 Å². The zero-order valence-electron chi connectivity index (χ0n) is 16.4. The number of aromatic amines is 1. The minimum Gasteiger partial charge on any atom is -0.494 e. The minimum absolute atomic E-state index is 0.103. The van der Waals surface area contributed by atoms with Gasteiger partial charge in [-0.15, -0.1) is 0 Å². The molecular weight excluding hydrogens is 418 g/mol. The number of aryl methyl sites for hydroxylation is 1. The maximum Gasteiger partial charge on any atom is 0.287 e. The van der Waals surface area contributed by atoms with Crippen LogP contribution in [0.2, 0.25) is 5.02 Å². The van der Waals surface area contributed by atoms with E-state index in [1.165, 1.54) is 11.6 Å². The molecule has 5 rings (SSSR count). The molecule has 152 valence electrons. The molecule has 0 bridgehead atoms. The molecule has 3 heterocycles. The summed E-state index contributed by atoms with van der Waals surface area (Å²) in [5.74, 6) is 0.538. The molecule has 0 spiro atoms. The van der Waals surface area contributed by atoms with Gasteiger partial charge in [0, 0.05) is 22.8 Å². The topological polar surface area (TPSA) is 109 Å². The van der Waals surface area contributed by atoms with Crippen LogP contribution in [0.3, 0.4) is 0 Å². The third-order valence-electron chi connectivity index (χ3n) is 5.00. The van der Waals surface area contributed by atoms with Crippen LogP contribution >= 0.6 is 11.6 Å². The van der Waals surface area contributed by atoms with Crippen LogP contribution in [0.5, 0.6) is 5.75 Å². The molecule has 0 aliphatic carbocycles. The number of H-pyrrole nitrogens is 1. The molecule has 0 unspecified atom stereocenters. The van der Waals surface area contributed by atoms with E-state index >= 15 is 0 Å². The molecule has 31 heavy (non-hydrogen) atoms. The monoisotopic (exact) mass is 431 g/mol. The molecule has 5 aromatic rings. The van der Waals surface area contributed by atoms with Gasteiger partial charge in [0.25, 0.3) is 5.56 Å². The lowest BCUT2D eigenvalue weighted by Gasteiger charge is -2.05. The molecule has 0 aliphatic rings. The van der Waals surface area contributed by atoms with Gasteiger partial charge in [-0.25, -0.2) is 4.98 Å². The first-order valence-corrected chi connectivity index (χ1v) is 9.65. The summed E-state index contributed by atoms with van der Waals surface area (Å²) in [6.45, 7) is 1.74. The minimum atomic E-state index is -0.457. The number of nitrogens with one attached hydrogen (secondary N) is 1. The second-order valence-corrected chi connectivity index (χ2v) is 7.30. The van der Waals surface area contributed by atoms with Gasteiger partial charge in [0.1, 0.15) is 23.0 Å². The van der Waals surface area contributed by atoms with Crippen molar-refractivity contribution in [1.29, 1.82) is 5.26 Å². The first-order valence-electron chi connectivity index (χ1n) is 9.27. The fraction of sp³-hybridized carbons (Fsp3) is 0.0909. The van der Waals surface area contributed by atoms with Crippen LogP contribution in [0, 0.1) is 18.3 Å². The molecule has 1 N–H and O–H groups in total. The van der Waals surface area contributed by atoms with Crippen LogP contribution in [-0.4, -0.2) is 26.7 Å². The highest BCUT2D eigenvalue weighted by molar-refractivity contribution is 6.31. The smallest absolute Gasteiger partial charge is 0.287 e. The van der Waals surface area contributed by atoms with Crippen LogP contribution in [0.1, 0.15) is 11.4 Å². The predicted molar refractivity (Wildman–Crippen MR) is 115 cm³/mol. The molecule has 0 saturated heterocycles. The van der Waals surface area contributed by atoms with E-state index in [-0.39, 0.29) is 17.1 Å². The SMILES string of the molecule is COc1cc(Cl)cc2oc(-c3c(C)[nH]c4c(-c5ccccc5)c(C#N)nn4c3=O)nc12. The number of fused-ring (bicyclic) bond motifs is 2. The van der Waals surface area contributed by atoms with E-state index in [1.807, 2.05) is 30.3 Å². The van der Waals surface area contributed by atoms with E-state index in [4.69, 9.17) is 20.8 Å². The van der Waals surface area contributed by atoms with Gasteiger partial charge in [0.05, 0.1) is 12.7 Å². The van der Waals surface area contributed by atoms with E-state index in [0.29, 0.717) is 38.8 Å². The number of rotatable bonds is 3. The van der Waals surface area contributed by atoms with Crippen molar-refractivity contribution in [1.82, 2.24) is 19.6 Å². The summed E-state index contributed by atoms with van der Waals surface area (Å²) < 4.78 is 12.3. The Morgan fingerprint density at radius 2 is 2.00 bits per heavy atom. The lowest BCUT2D eigenvalue weighted by atomic mass is 10.1. The van der Waals surface area contributed by atoms with Crippen LogP contribution in [-0.2, 0) is 0 Å². The van der Waals surface area contributed by atoms with E-state index in [0.717, 1.165) is 5.56 Å². The standard InChI is InChI=1S/C22H14ClN5O3/c1-11-17(21-26-19-15(30-2)8-13(23)9-16(19)31-21)22(29)28-20(25-11)18(14(10-24)27-28)12-6-4-3-5-7-12/h3-9,25H,1-2H3. The number of oxazole rings is 1. The van der Waals surface area contributed by atoms with Crippen molar-refractivity contribution in [2.24, 2.45) is 0 Å². The number of aromatic nitrogens is 4. The molecule has 8 nitrogen and oxygen atoms in total. The number of nitriles is 1. The summed E-state index contributed by atoms with van der Waals surface area (Å²) in [7, 11) is 1.50. The molecule has 0 radical (unpaired) electrons. The van der Waals surface area contributed by atoms with Gasteiger partial charge in [-0.3, -0.25) is 4.79 Å². The van der Waals surface area contributed by atoms with E-state index in [1.54, 1.807) is 19.1 Å². The average Bonchev–Trinajstić information content (AvgIpc) is 3.35. The summed E-state index contributed by atoms with van der Waals surface area (Å²) in [6.07, 6.45) is 0. The second-order valence-electron chi connectivity index (χ2n) is 6.87. The normalized spacial score (nSPS) is 11.2. The van der Waals surface area contributed by atoms with Gasteiger partial charge in [0.2, 0.25) is 5.89 Å². The highest BCUT2D eigenvalue weighted by Crippen LogP contribution is 2.33. The first-order chi connectivity index (χ1) is 15.0. The summed E-state index contributed by atoms with van der Waals surface area (Å²) in [5.41, 5.74) is 3.00. The fourth-order valence-electron chi connectivity index (χ4n) is 3.62. The molecular formula is C22H14ClN5O3. The Hall–Kier alpha value is -4.09. The number of ether oxygens (including phenoxy) is 1. The number of methoxy groups -OCH3 is 1. The van der Waals surface area contributed by atoms with E-state index < -0.39 is 5.56 Å². The Bertz CT molecular complexity index is 1570. The summed E-state index contributed by atoms with van der Waals surface area (Å²) in [5, 5.41) is 14.3. The maximum atomic E-state index is 13.4. The number of halogens is 1. The molecule has 0 aliphatic heterocycles. The Morgan fingerprint density at radius 1 is 1.23 bits per heavy atom. The van der Waals surface area contributed by atoms with Gasteiger partial charge in [-0.1, -0.05) is 41.9 Å². The maximum absolute atomic E-state index is 13.4. The van der Waals surface area contributed by atoms with E-state index in [9.17, 15) is 10.1 Å². The number of hydrogen-bond donors (Lipinski definition) is 1. The lowest BCUT2D eigenvalue weighted by molar-refractivity contribution is 0.419. The third kappa shape index (κ3) is 2.86. The van der Waals surface area contributed by atoms with Crippen molar-refractivity contribution in [2.75, 3.05) is 7.11 Å². The Balaban J connectivity index is 1.80. The first kappa shape index (κ1) is 18.9. The predicted octanol–water partition coefficient (Wildman–Crippen LogP) is 4.34. The van der Waals surface area contributed by atoms with Crippen molar-refractivity contribution in [3.63, 3.8) is 0 Å². The second kappa shape index (κ2) is 7.00. The van der Waals surface area contributed by atoms with Crippen molar-refractivity contribution in [2.45, 2.75) is 6.92 Å². The highest BCUT2D eigenvalue weighted by atomic mass is 35.5. The average molecular weight is 432 g/mol. The molecule has 0 fully saturated rings. The van der Waals surface area contributed by atoms with Crippen LogP contribution in [0.15, 0.2) is 51.7 Å². The Labute approximate surface area is 180 Å². The van der Waals surface area contributed by atoms with E-state index in [2.05, 4.69) is 21.1 Å². The Morgan fingerprint density at radius 3 is 2.71 bits per heavy atom. The molecule has 9 heteroatoms. The van der Waals surface area contributed by atoms with Gasteiger partial charge in [0.15, 0.2) is 16.8 Å². The molecule has 2 aromatic carbocycles. The molecule has 3 aromatic heterocycles. The van der Waals surface area contributed by atoms with Crippen LogP contribution < -0.4 is 10.3 Å². The van der Waals surface area contributed by atoms with Crippen molar-refractivity contribution in [3.05, 3.63) is 69.2 Å². The van der Waals surface area contributed by atoms with Crippen molar-refractivity contribution < 1.29 is 9.15 Å². The fourth-order valence-corrected chi connectivity index (χ4v) is 3.82. The molecule has 0 atom stereocenters. The molecule has 0 saturated carbocycles. The number of hydrogen-bond acceptors (Lipinski definition) is 6. The van der Waals surface area contributed by atoms with Crippen molar-refractivity contribution >= 4 is 28.3 Å². The zero-order valence-corrected chi connectivity index (χ0v) is 17.2. The van der Waals surface area contributed by atoms with Crippen LogP contribution in [0.4, 0.5) is 0 Å². The van der Waals surface area contributed by atoms with Gasteiger partial charge < -0.3 is 14.1 Å². The summed E-state index contributed by atoms with van der Waals surface area (Å²) in [4.78, 5) is 21.0. The van der Waals surface area contributed by atoms with Crippen molar-refractivity contribution in [3.8, 4) is 34.4 Å². The quantitative estimate of drug-likeness (QED) is 0.455. The number of nitrogens with zero attached hydrogens (tertiary/aromatic N) is 4. The highest BCUT2D eigenvalue weighted by Gasteiger charge is 2.23. The zero-order chi connectivity index (χ0) is 21.7. The lowest BCUT2D eigenvalue weighted by Crippen LogP contribution is -2.19. The van der Waals surface area contributed by atoms with Gasteiger partial charge in [-0.05, 0) is 12.5 Å². The number of benzene rings is 2. The Kier molecular flexibility index (Phi) is 4.27.